The van der Waals surface area contributed by atoms with Crippen molar-refractivity contribution in [2.75, 3.05) is 18.5 Å². The average Bonchev–Trinajstić information content (AvgIpc) is 2.62. The second-order valence-corrected chi connectivity index (χ2v) is 7.98. The first-order valence-corrected chi connectivity index (χ1v) is 10.2. The summed E-state index contributed by atoms with van der Waals surface area (Å²) in [5.74, 6) is -1.00. The Morgan fingerprint density at radius 3 is 2.30 bits per heavy atom. The first-order valence-electron chi connectivity index (χ1n) is 8.19. The molecule has 2 N–H and O–H groups in total. The molecule has 0 heterocycles. The Morgan fingerprint density at radius 2 is 1.78 bits per heavy atom. The lowest BCUT2D eigenvalue weighted by Gasteiger charge is -2.28. The molecule has 2 rings (SSSR count). The van der Waals surface area contributed by atoms with E-state index in [1.165, 1.54) is 30.3 Å². The maximum absolute atomic E-state index is 13.4. The minimum absolute atomic E-state index is 0.0256. The van der Waals surface area contributed by atoms with E-state index in [0.29, 0.717) is 5.56 Å². The number of nitro benzene ring substituents is 1. The van der Waals surface area contributed by atoms with Gasteiger partial charge in [-0.15, -0.1) is 0 Å². The lowest BCUT2D eigenvalue weighted by Crippen LogP contribution is -2.16. The van der Waals surface area contributed by atoms with Crippen LogP contribution in [0.4, 0.5) is 11.4 Å². The highest BCUT2D eigenvalue weighted by Crippen LogP contribution is 2.61. The molecule has 0 radical (unpaired) electrons. The molecule has 0 aromatic heterocycles. The predicted octanol–water partition coefficient (Wildman–Crippen LogP) is 5.33. The zero-order valence-electron chi connectivity index (χ0n) is 14.8. The number of nitrogens with zero attached hydrogens (tertiary/aromatic N) is 1. The van der Waals surface area contributed by atoms with Crippen molar-refractivity contribution < 1.29 is 23.6 Å². The zero-order valence-corrected chi connectivity index (χ0v) is 16.4. The van der Waals surface area contributed by atoms with Crippen LogP contribution in [0.15, 0.2) is 42.5 Å². The molecule has 27 heavy (non-hydrogen) atoms. The van der Waals surface area contributed by atoms with Crippen LogP contribution < -0.4 is 5.32 Å². The van der Waals surface area contributed by atoms with E-state index in [4.69, 9.17) is 20.6 Å². The van der Waals surface area contributed by atoms with E-state index in [0.717, 1.165) is 0 Å². The van der Waals surface area contributed by atoms with Crippen LogP contribution in [0.25, 0.3) is 0 Å². The molecule has 2 aromatic carbocycles. The number of anilines is 1. The maximum atomic E-state index is 13.4. The van der Waals surface area contributed by atoms with Gasteiger partial charge in [-0.2, -0.15) is 0 Å². The number of nitro groups is 1. The first-order chi connectivity index (χ1) is 12.8. The van der Waals surface area contributed by atoms with Gasteiger partial charge < -0.3 is 19.5 Å². The average molecular weight is 415 g/mol. The molecule has 1 unspecified atom stereocenters. The Labute approximate surface area is 161 Å². The number of nitrogens with one attached hydrogen (secondary N) is 1. The van der Waals surface area contributed by atoms with Gasteiger partial charge in [-0.3, -0.25) is 14.7 Å². The highest BCUT2D eigenvalue weighted by Gasteiger charge is 2.38. The van der Waals surface area contributed by atoms with Crippen LogP contribution in [0.1, 0.15) is 25.2 Å². The van der Waals surface area contributed by atoms with Crippen molar-refractivity contribution in [3.63, 3.8) is 0 Å². The van der Waals surface area contributed by atoms with Crippen LogP contribution in [0.3, 0.4) is 0 Å². The molecule has 2 aromatic rings. The smallest absolute Gasteiger partial charge is 0.357 e. The molecule has 0 aliphatic rings. The lowest BCUT2D eigenvalue weighted by molar-refractivity contribution is -0.384. The Morgan fingerprint density at radius 1 is 1.19 bits per heavy atom. The monoisotopic (exact) mass is 414 g/mol. The van der Waals surface area contributed by atoms with Gasteiger partial charge in [0.2, 0.25) is 0 Å². The van der Waals surface area contributed by atoms with Crippen molar-refractivity contribution in [3.8, 4) is 5.75 Å². The van der Waals surface area contributed by atoms with Gasteiger partial charge in [0.25, 0.3) is 5.69 Å². The van der Waals surface area contributed by atoms with Crippen LogP contribution in [-0.2, 0) is 13.6 Å². The molecule has 0 aliphatic heterocycles. The van der Waals surface area contributed by atoms with Gasteiger partial charge in [-0.25, -0.2) is 0 Å². The Balaban J connectivity index is 2.55. The highest BCUT2D eigenvalue weighted by atomic mass is 35.5. The van der Waals surface area contributed by atoms with E-state index < -0.39 is 18.3 Å². The van der Waals surface area contributed by atoms with Crippen molar-refractivity contribution in [2.45, 2.75) is 19.6 Å². The fraction of sp³-hybridized carbons (Fsp3) is 0.294. The molecule has 10 heteroatoms. The van der Waals surface area contributed by atoms with Crippen molar-refractivity contribution >= 4 is 30.6 Å². The predicted molar refractivity (Wildman–Crippen MR) is 103 cm³/mol. The van der Waals surface area contributed by atoms with Gasteiger partial charge >= 0.3 is 7.60 Å². The number of rotatable bonds is 9. The zero-order chi connectivity index (χ0) is 20.0. The molecular weight excluding hydrogens is 395 g/mol. The molecule has 0 spiro atoms. The topological polar surface area (TPSA) is 111 Å². The van der Waals surface area contributed by atoms with E-state index in [1.54, 1.807) is 26.0 Å². The van der Waals surface area contributed by atoms with Gasteiger partial charge in [0, 0.05) is 11.1 Å². The molecule has 0 saturated heterocycles. The molecule has 0 aliphatic carbocycles. The van der Waals surface area contributed by atoms with Crippen LogP contribution in [0.2, 0.25) is 5.02 Å². The van der Waals surface area contributed by atoms with Crippen molar-refractivity contribution in [2.24, 2.45) is 0 Å². The SMILES string of the molecule is CCOP(=O)(OCC)C(Nc1ccc(Cl)cc1[N+](=O)[O-])c1ccc(O)cc1. The van der Waals surface area contributed by atoms with E-state index in [-0.39, 0.29) is 35.4 Å². The summed E-state index contributed by atoms with van der Waals surface area (Å²) < 4.78 is 24.2. The molecule has 8 nitrogen and oxygen atoms in total. The summed E-state index contributed by atoms with van der Waals surface area (Å²) in [7, 11) is -3.74. The van der Waals surface area contributed by atoms with Crippen molar-refractivity contribution in [1.82, 2.24) is 0 Å². The van der Waals surface area contributed by atoms with Crippen LogP contribution >= 0.6 is 19.2 Å². The van der Waals surface area contributed by atoms with Crippen LogP contribution in [0, 0.1) is 10.1 Å². The molecule has 0 saturated carbocycles. The summed E-state index contributed by atoms with van der Waals surface area (Å²) >= 11 is 5.86. The number of halogens is 1. The Kier molecular flexibility index (Phi) is 7.21. The molecular formula is C17H20ClN2O6P. The second kappa shape index (κ2) is 9.19. The summed E-state index contributed by atoms with van der Waals surface area (Å²) in [4.78, 5) is 10.8. The van der Waals surface area contributed by atoms with Crippen LogP contribution in [-0.4, -0.2) is 23.2 Å². The highest BCUT2D eigenvalue weighted by molar-refractivity contribution is 7.54. The third kappa shape index (κ3) is 5.20. The lowest BCUT2D eigenvalue weighted by atomic mass is 10.2. The minimum Gasteiger partial charge on any atom is -0.508 e. The summed E-state index contributed by atoms with van der Waals surface area (Å²) in [5, 5.41) is 24.0. The normalized spacial score (nSPS) is 12.6. The second-order valence-electron chi connectivity index (χ2n) is 5.43. The van der Waals surface area contributed by atoms with E-state index in [9.17, 15) is 19.8 Å². The van der Waals surface area contributed by atoms with Crippen molar-refractivity contribution in [1.29, 1.82) is 0 Å². The number of hydrogen-bond acceptors (Lipinski definition) is 7. The minimum atomic E-state index is -3.74. The molecule has 0 bridgehead atoms. The number of benzene rings is 2. The Bertz CT molecular complexity index is 836. The third-order valence-electron chi connectivity index (χ3n) is 3.59. The van der Waals surface area contributed by atoms with Crippen molar-refractivity contribution in [3.05, 3.63) is 63.2 Å². The fourth-order valence-electron chi connectivity index (χ4n) is 2.47. The maximum Gasteiger partial charge on any atom is 0.357 e. The largest absolute Gasteiger partial charge is 0.508 e. The number of phenols is 1. The Hall–Kier alpha value is -2.12. The third-order valence-corrected chi connectivity index (χ3v) is 6.12. The van der Waals surface area contributed by atoms with Gasteiger partial charge in [0.1, 0.15) is 11.4 Å². The number of aromatic hydroxyl groups is 1. The first kappa shape index (κ1) is 21.2. The summed E-state index contributed by atoms with van der Waals surface area (Å²) in [6, 6.07) is 10.0. The fourth-order valence-corrected chi connectivity index (χ4v) is 4.57. The quantitative estimate of drug-likeness (QED) is 0.324. The summed E-state index contributed by atoms with van der Waals surface area (Å²) in [6.07, 6.45) is 0. The summed E-state index contributed by atoms with van der Waals surface area (Å²) in [6.45, 7) is 3.58. The van der Waals surface area contributed by atoms with Gasteiger partial charge in [0.15, 0.2) is 5.78 Å². The van der Waals surface area contributed by atoms with E-state index in [2.05, 4.69) is 5.32 Å². The van der Waals surface area contributed by atoms with E-state index >= 15 is 0 Å². The number of phenolic OH excluding ortho intramolecular Hbond substituents is 1. The van der Waals surface area contributed by atoms with E-state index in [1.807, 2.05) is 0 Å². The number of hydrogen-bond donors (Lipinski definition) is 2. The summed E-state index contributed by atoms with van der Waals surface area (Å²) in [5.41, 5.74) is 0.315. The van der Waals surface area contributed by atoms with Gasteiger partial charge in [0.05, 0.1) is 18.1 Å². The standard InChI is InChI=1S/C17H20ClN2O6P/c1-3-25-27(24,26-4-2)17(12-5-8-14(21)9-6-12)19-15-10-7-13(18)11-16(15)20(22)23/h5-11,17,19,21H,3-4H2,1-2H3. The molecule has 0 fully saturated rings. The van der Waals surface area contributed by atoms with Crippen LogP contribution in [0.5, 0.6) is 5.75 Å². The molecule has 0 amide bonds. The van der Waals surface area contributed by atoms with Gasteiger partial charge in [-0.05, 0) is 43.7 Å². The van der Waals surface area contributed by atoms with Gasteiger partial charge in [-0.1, -0.05) is 23.7 Å². The molecule has 1 atom stereocenters. The molecule has 146 valence electrons.